The number of rotatable bonds is 4. The zero-order chi connectivity index (χ0) is 17.4. The van der Waals surface area contributed by atoms with E-state index in [4.69, 9.17) is 5.73 Å². The van der Waals surface area contributed by atoms with E-state index in [9.17, 15) is 4.79 Å². The van der Waals surface area contributed by atoms with E-state index in [1.807, 2.05) is 48.5 Å². The largest absolute Gasteiger partial charge is 0.340 e. The van der Waals surface area contributed by atoms with Crippen LogP contribution in [0.25, 0.3) is 21.8 Å². The third kappa shape index (κ3) is 2.36. The molecular weight excluding hydrogens is 308 g/mol. The SMILES string of the molecule is CCn1c2ccccc2c2cccc(C(=O)c3ccccc3CN)c21. The number of hydrogen-bond donors (Lipinski definition) is 1. The summed E-state index contributed by atoms with van der Waals surface area (Å²) in [7, 11) is 0. The molecule has 0 aliphatic rings. The van der Waals surface area contributed by atoms with Gasteiger partial charge in [-0.2, -0.15) is 0 Å². The van der Waals surface area contributed by atoms with Gasteiger partial charge in [0.05, 0.1) is 5.52 Å². The molecule has 0 spiro atoms. The molecule has 1 heterocycles. The fraction of sp³-hybridized carbons (Fsp3) is 0.136. The van der Waals surface area contributed by atoms with Gasteiger partial charge < -0.3 is 10.3 Å². The predicted octanol–water partition coefficient (Wildman–Crippen LogP) is 4.50. The molecule has 3 aromatic carbocycles. The van der Waals surface area contributed by atoms with Gasteiger partial charge in [0.2, 0.25) is 0 Å². The minimum atomic E-state index is 0.0316. The second-order valence-electron chi connectivity index (χ2n) is 6.15. The van der Waals surface area contributed by atoms with Crippen LogP contribution in [-0.4, -0.2) is 10.4 Å². The van der Waals surface area contributed by atoms with Crippen molar-refractivity contribution in [3.63, 3.8) is 0 Å². The Morgan fingerprint density at radius 3 is 2.36 bits per heavy atom. The number of fused-ring (bicyclic) bond motifs is 3. The highest BCUT2D eigenvalue weighted by Gasteiger charge is 2.19. The van der Waals surface area contributed by atoms with E-state index in [0.717, 1.165) is 34.1 Å². The fourth-order valence-electron chi connectivity index (χ4n) is 3.69. The van der Waals surface area contributed by atoms with Gasteiger partial charge in [0.15, 0.2) is 5.78 Å². The van der Waals surface area contributed by atoms with Crippen molar-refractivity contribution in [2.24, 2.45) is 5.73 Å². The van der Waals surface area contributed by atoms with E-state index in [1.54, 1.807) is 0 Å². The quantitative estimate of drug-likeness (QED) is 0.561. The topological polar surface area (TPSA) is 48.0 Å². The Hall–Kier alpha value is -2.91. The minimum Gasteiger partial charge on any atom is -0.340 e. The first-order valence-electron chi connectivity index (χ1n) is 8.59. The highest BCUT2D eigenvalue weighted by Crippen LogP contribution is 2.32. The summed E-state index contributed by atoms with van der Waals surface area (Å²) in [5.41, 5.74) is 10.3. The number of nitrogens with zero attached hydrogens (tertiary/aromatic N) is 1. The highest BCUT2D eigenvalue weighted by atomic mass is 16.1. The van der Waals surface area contributed by atoms with Crippen molar-refractivity contribution in [3.05, 3.63) is 83.4 Å². The first kappa shape index (κ1) is 15.6. The lowest BCUT2D eigenvalue weighted by atomic mass is 9.96. The van der Waals surface area contributed by atoms with Crippen molar-refractivity contribution in [1.82, 2.24) is 4.57 Å². The summed E-state index contributed by atoms with van der Waals surface area (Å²) in [5, 5.41) is 2.30. The molecule has 1 aromatic heterocycles. The number of nitrogens with two attached hydrogens (primary N) is 1. The zero-order valence-electron chi connectivity index (χ0n) is 14.2. The summed E-state index contributed by atoms with van der Waals surface area (Å²) in [4.78, 5) is 13.3. The Labute approximate surface area is 146 Å². The average molecular weight is 328 g/mol. The van der Waals surface area contributed by atoms with Crippen molar-refractivity contribution < 1.29 is 4.79 Å². The molecule has 4 rings (SSSR count). The normalized spacial score (nSPS) is 11.3. The van der Waals surface area contributed by atoms with Gasteiger partial charge in [-0.25, -0.2) is 0 Å². The molecule has 3 heteroatoms. The second kappa shape index (κ2) is 6.19. The van der Waals surface area contributed by atoms with E-state index in [0.29, 0.717) is 12.1 Å². The molecule has 0 fully saturated rings. The predicted molar refractivity (Wildman–Crippen MR) is 103 cm³/mol. The van der Waals surface area contributed by atoms with Crippen LogP contribution in [0.15, 0.2) is 66.7 Å². The molecule has 0 saturated carbocycles. The maximum atomic E-state index is 13.3. The molecule has 0 unspecified atom stereocenters. The Balaban J connectivity index is 2.04. The van der Waals surface area contributed by atoms with Gasteiger partial charge in [-0.1, -0.05) is 54.6 Å². The third-order valence-electron chi connectivity index (χ3n) is 4.83. The summed E-state index contributed by atoms with van der Waals surface area (Å²) < 4.78 is 2.23. The van der Waals surface area contributed by atoms with E-state index in [2.05, 4.69) is 29.7 Å². The molecule has 25 heavy (non-hydrogen) atoms. The van der Waals surface area contributed by atoms with E-state index in [1.165, 1.54) is 5.39 Å². The molecule has 124 valence electrons. The molecular formula is C22H20N2O. The maximum absolute atomic E-state index is 13.3. The number of carbonyl (C=O) groups is 1. The fourth-order valence-corrected chi connectivity index (χ4v) is 3.69. The average Bonchev–Trinajstić information content (AvgIpc) is 3.01. The molecule has 0 saturated heterocycles. The zero-order valence-corrected chi connectivity index (χ0v) is 14.2. The molecule has 0 aliphatic carbocycles. The van der Waals surface area contributed by atoms with Gasteiger partial charge in [-0.3, -0.25) is 4.79 Å². The number of carbonyl (C=O) groups excluding carboxylic acids is 1. The minimum absolute atomic E-state index is 0.0316. The van der Waals surface area contributed by atoms with Crippen LogP contribution in [0.1, 0.15) is 28.4 Å². The lowest BCUT2D eigenvalue weighted by Gasteiger charge is -2.10. The Bertz CT molecular complexity index is 1090. The van der Waals surface area contributed by atoms with Crippen LogP contribution in [0.3, 0.4) is 0 Å². The lowest BCUT2D eigenvalue weighted by molar-refractivity contribution is 0.103. The van der Waals surface area contributed by atoms with Crippen molar-refractivity contribution in [2.45, 2.75) is 20.0 Å². The number of benzene rings is 3. The number of ketones is 1. The van der Waals surface area contributed by atoms with E-state index < -0.39 is 0 Å². The van der Waals surface area contributed by atoms with Crippen LogP contribution in [-0.2, 0) is 13.1 Å². The lowest BCUT2D eigenvalue weighted by Crippen LogP contribution is -2.10. The summed E-state index contributed by atoms with van der Waals surface area (Å²) in [6.45, 7) is 3.28. The van der Waals surface area contributed by atoms with Gasteiger partial charge in [-0.15, -0.1) is 0 Å². The summed E-state index contributed by atoms with van der Waals surface area (Å²) in [5.74, 6) is 0.0316. The second-order valence-corrected chi connectivity index (χ2v) is 6.15. The van der Waals surface area contributed by atoms with Crippen molar-refractivity contribution in [2.75, 3.05) is 0 Å². The standard InChI is InChI=1S/C22H20N2O/c1-2-24-20-13-6-5-10-17(20)18-11-7-12-19(21(18)24)22(25)16-9-4-3-8-15(16)14-23/h3-13H,2,14,23H2,1H3. The Kier molecular flexibility index (Phi) is 3.86. The van der Waals surface area contributed by atoms with E-state index >= 15 is 0 Å². The van der Waals surface area contributed by atoms with Gasteiger partial charge >= 0.3 is 0 Å². The first-order chi connectivity index (χ1) is 12.3. The number of aromatic nitrogens is 1. The van der Waals surface area contributed by atoms with Gasteiger partial charge in [0.1, 0.15) is 0 Å². The summed E-state index contributed by atoms with van der Waals surface area (Å²) in [6, 6.07) is 21.9. The van der Waals surface area contributed by atoms with Crippen molar-refractivity contribution in [3.8, 4) is 0 Å². The summed E-state index contributed by atoms with van der Waals surface area (Å²) in [6.07, 6.45) is 0. The molecule has 0 radical (unpaired) electrons. The molecule has 3 nitrogen and oxygen atoms in total. The number of hydrogen-bond acceptors (Lipinski definition) is 2. The first-order valence-corrected chi connectivity index (χ1v) is 8.59. The maximum Gasteiger partial charge on any atom is 0.195 e. The van der Waals surface area contributed by atoms with Gasteiger partial charge in [0, 0.05) is 40.5 Å². The van der Waals surface area contributed by atoms with Crippen LogP contribution < -0.4 is 5.73 Å². The smallest absolute Gasteiger partial charge is 0.195 e. The van der Waals surface area contributed by atoms with Crippen molar-refractivity contribution in [1.29, 1.82) is 0 Å². The molecule has 0 aliphatic heterocycles. The molecule has 4 aromatic rings. The molecule has 0 amide bonds. The molecule has 2 N–H and O–H groups in total. The number of aryl methyl sites for hydroxylation is 1. The van der Waals surface area contributed by atoms with Crippen LogP contribution in [0.4, 0.5) is 0 Å². The Morgan fingerprint density at radius 1 is 0.880 bits per heavy atom. The van der Waals surface area contributed by atoms with E-state index in [-0.39, 0.29) is 5.78 Å². The third-order valence-corrected chi connectivity index (χ3v) is 4.83. The highest BCUT2D eigenvalue weighted by molar-refractivity contribution is 6.20. The number of para-hydroxylation sites is 2. The Morgan fingerprint density at radius 2 is 1.56 bits per heavy atom. The van der Waals surface area contributed by atoms with Gasteiger partial charge in [-0.05, 0) is 24.6 Å². The van der Waals surface area contributed by atoms with Crippen LogP contribution in [0, 0.1) is 0 Å². The van der Waals surface area contributed by atoms with Crippen LogP contribution >= 0.6 is 0 Å². The van der Waals surface area contributed by atoms with Crippen LogP contribution in [0.2, 0.25) is 0 Å². The van der Waals surface area contributed by atoms with Gasteiger partial charge in [0.25, 0.3) is 0 Å². The molecule has 0 bridgehead atoms. The summed E-state index contributed by atoms with van der Waals surface area (Å²) >= 11 is 0. The molecule has 0 atom stereocenters. The monoisotopic (exact) mass is 328 g/mol. The van der Waals surface area contributed by atoms with Crippen LogP contribution in [0.5, 0.6) is 0 Å². The van der Waals surface area contributed by atoms with Crippen molar-refractivity contribution >= 4 is 27.6 Å².